The minimum absolute atomic E-state index is 0.101. The summed E-state index contributed by atoms with van der Waals surface area (Å²) < 4.78 is 19.5. The summed E-state index contributed by atoms with van der Waals surface area (Å²) in [4.78, 5) is 31.8. The molecule has 3 aromatic rings. The summed E-state index contributed by atoms with van der Waals surface area (Å²) in [7, 11) is 0. The van der Waals surface area contributed by atoms with E-state index in [2.05, 4.69) is 15.3 Å². The van der Waals surface area contributed by atoms with Crippen molar-refractivity contribution in [2.75, 3.05) is 11.9 Å². The highest BCUT2D eigenvalue weighted by atomic mass is 35.5. The molecule has 2 aromatic heterocycles. The van der Waals surface area contributed by atoms with Crippen LogP contribution in [0.2, 0.25) is 5.15 Å². The van der Waals surface area contributed by atoms with Gasteiger partial charge in [0.2, 0.25) is 0 Å². The topological polar surface area (TPSA) is 86.1 Å². The van der Waals surface area contributed by atoms with E-state index in [0.29, 0.717) is 11.4 Å². The molecule has 0 bridgehead atoms. The number of benzene rings is 1. The second kappa shape index (κ2) is 7.75. The number of nitrogens with zero attached hydrogens (tertiary/aromatic N) is 3. The number of hydrogen-bond donors (Lipinski definition) is 1. The average molecular weight is 375 g/mol. The zero-order valence-electron chi connectivity index (χ0n) is 13.2. The number of esters is 1. The van der Waals surface area contributed by atoms with Gasteiger partial charge in [0.15, 0.2) is 17.5 Å². The minimum Gasteiger partial charge on any atom is -0.451 e. The molecule has 2 heterocycles. The molecule has 3 rings (SSSR count). The van der Waals surface area contributed by atoms with Crippen molar-refractivity contribution in [3.63, 3.8) is 0 Å². The van der Waals surface area contributed by atoms with Crippen molar-refractivity contribution in [1.82, 2.24) is 14.5 Å². The Morgan fingerprint density at radius 1 is 1.23 bits per heavy atom. The second-order valence-electron chi connectivity index (χ2n) is 5.09. The van der Waals surface area contributed by atoms with Gasteiger partial charge in [0.1, 0.15) is 5.82 Å². The number of hydrogen-bond acceptors (Lipinski definition) is 5. The Hall–Kier alpha value is -3.26. The van der Waals surface area contributed by atoms with Crippen LogP contribution in [-0.2, 0) is 9.53 Å². The van der Waals surface area contributed by atoms with E-state index in [1.54, 1.807) is 12.1 Å². The summed E-state index contributed by atoms with van der Waals surface area (Å²) in [5, 5.41) is 2.62. The molecular weight excluding hydrogens is 363 g/mol. The molecule has 0 saturated carbocycles. The number of imidazole rings is 1. The van der Waals surface area contributed by atoms with Gasteiger partial charge in [0.05, 0.1) is 18.2 Å². The quantitative estimate of drug-likeness (QED) is 0.548. The molecule has 0 unspecified atom stereocenters. The predicted molar refractivity (Wildman–Crippen MR) is 91.7 cm³/mol. The Labute approximate surface area is 152 Å². The monoisotopic (exact) mass is 374 g/mol. The van der Waals surface area contributed by atoms with Crippen molar-refractivity contribution in [2.24, 2.45) is 0 Å². The first-order valence-corrected chi connectivity index (χ1v) is 7.78. The first-order chi connectivity index (χ1) is 12.5. The molecule has 26 heavy (non-hydrogen) atoms. The van der Waals surface area contributed by atoms with Crippen LogP contribution in [-0.4, -0.2) is 33.0 Å². The number of halogens is 2. The highest BCUT2D eigenvalue weighted by molar-refractivity contribution is 6.32. The SMILES string of the molecule is O=C(COC(=O)c1cncn1-c1ccc(F)cc1)Nc1cccnc1Cl. The number of anilines is 1. The summed E-state index contributed by atoms with van der Waals surface area (Å²) in [5.41, 5.74) is 0.942. The molecule has 9 heteroatoms. The lowest BCUT2D eigenvalue weighted by Crippen LogP contribution is -2.22. The fourth-order valence-electron chi connectivity index (χ4n) is 2.12. The third kappa shape index (κ3) is 4.04. The normalized spacial score (nSPS) is 10.4. The van der Waals surface area contributed by atoms with Crippen molar-refractivity contribution < 1.29 is 18.7 Å². The number of nitrogens with one attached hydrogen (secondary N) is 1. The first kappa shape index (κ1) is 17.6. The third-order valence-electron chi connectivity index (χ3n) is 3.32. The molecule has 1 aromatic carbocycles. The minimum atomic E-state index is -0.751. The molecule has 1 N–H and O–H groups in total. The summed E-state index contributed by atoms with van der Waals surface area (Å²) in [6, 6.07) is 8.67. The highest BCUT2D eigenvalue weighted by Gasteiger charge is 2.16. The maximum absolute atomic E-state index is 13.0. The molecule has 0 spiro atoms. The van der Waals surface area contributed by atoms with Crippen LogP contribution < -0.4 is 5.32 Å². The fraction of sp³-hybridized carbons (Fsp3) is 0.0588. The van der Waals surface area contributed by atoms with E-state index in [4.69, 9.17) is 16.3 Å². The lowest BCUT2D eigenvalue weighted by molar-refractivity contribution is -0.119. The van der Waals surface area contributed by atoms with Crippen molar-refractivity contribution in [2.45, 2.75) is 0 Å². The van der Waals surface area contributed by atoms with Crippen LogP contribution in [0.25, 0.3) is 5.69 Å². The zero-order valence-corrected chi connectivity index (χ0v) is 14.0. The van der Waals surface area contributed by atoms with Crippen LogP contribution in [0, 0.1) is 5.82 Å². The van der Waals surface area contributed by atoms with Gasteiger partial charge in [-0.05, 0) is 36.4 Å². The average Bonchev–Trinajstić information content (AvgIpc) is 3.12. The predicted octanol–water partition coefficient (Wildman–Crippen LogP) is 2.86. The third-order valence-corrected chi connectivity index (χ3v) is 3.62. The number of aromatic nitrogens is 3. The van der Waals surface area contributed by atoms with E-state index in [9.17, 15) is 14.0 Å². The lowest BCUT2D eigenvalue weighted by atomic mass is 10.3. The zero-order chi connectivity index (χ0) is 18.5. The van der Waals surface area contributed by atoms with E-state index in [1.807, 2.05) is 0 Å². The molecular formula is C17H12ClFN4O3. The molecule has 0 saturated heterocycles. The lowest BCUT2D eigenvalue weighted by Gasteiger charge is -2.09. The van der Waals surface area contributed by atoms with Gasteiger partial charge in [-0.25, -0.2) is 19.2 Å². The number of rotatable bonds is 5. The Balaban J connectivity index is 1.64. The van der Waals surface area contributed by atoms with E-state index >= 15 is 0 Å². The Morgan fingerprint density at radius 3 is 2.73 bits per heavy atom. The highest BCUT2D eigenvalue weighted by Crippen LogP contribution is 2.17. The molecule has 0 aliphatic carbocycles. The Bertz CT molecular complexity index is 943. The molecule has 0 aliphatic heterocycles. The Kier molecular flexibility index (Phi) is 5.23. The van der Waals surface area contributed by atoms with Crippen molar-refractivity contribution in [1.29, 1.82) is 0 Å². The second-order valence-corrected chi connectivity index (χ2v) is 5.45. The summed E-state index contributed by atoms with van der Waals surface area (Å²) >= 11 is 5.84. The van der Waals surface area contributed by atoms with Crippen LogP contribution in [0.15, 0.2) is 55.1 Å². The standard InChI is InChI=1S/C17H12ClFN4O3/c18-16-13(2-1-7-21-16)22-15(24)9-26-17(25)14-8-20-10-23(14)12-5-3-11(19)4-6-12/h1-8,10H,9H2,(H,22,24). The van der Waals surface area contributed by atoms with Gasteiger partial charge in [0, 0.05) is 11.9 Å². The number of pyridine rings is 1. The van der Waals surface area contributed by atoms with Gasteiger partial charge in [-0.3, -0.25) is 9.36 Å². The largest absolute Gasteiger partial charge is 0.451 e. The maximum atomic E-state index is 13.0. The fourth-order valence-corrected chi connectivity index (χ4v) is 2.29. The van der Waals surface area contributed by atoms with E-state index in [0.717, 1.165) is 0 Å². The summed E-state index contributed by atoms with van der Waals surface area (Å²) in [5.74, 6) is -1.72. The van der Waals surface area contributed by atoms with Crippen molar-refractivity contribution in [3.05, 3.63) is 71.8 Å². The van der Waals surface area contributed by atoms with Gasteiger partial charge in [-0.15, -0.1) is 0 Å². The first-order valence-electron chi connectivity index (χ1n) is 7.40. The number of carbonyl (C=O) groups is 2. The van der Waals surface area contributed by atoms with Gasteiger partial charge < -0.3 is 10.1 Å². The summed E-state index contributed by atoms with van der Waals surface area (Å²) in [6.45, 7) is -0.515. The van der Waals surface area contributed by atoms with Crippen molar-refractivity contribution >= 4 is 29.2 Å². The smallest absolute Gasteiger partial charge is 0.357 e. The molecule has 0 radical (unpaired) electrons. The summed E-state index contributed by atoms with van der Waals surface area (Å²) in [6.07, 6.45) is 4.16. The van der Waals surface area contributed by atoms with Crippen LogP contribution in [0.5, 0.6) is 0 Å². The number of carbonyl (C=O) groups excluding carboxylic acids is 2. The molecule has 0 aliphatic rings. The van der Waals surface area contributed by atoms with Crippen LogP contribution in [0.1, 0.15) is 10.5 Å². The van der Waals surface area contributed by atoms with Gasteiger partial charge in [0.25, 0.3) is 5.91 Å². The number of amides is 1. The van der Waals surface area contributed by atoms with E-state index in [1.165, 1.54) is 47.6 Å². The molecule has 132 valence electrons. The van der Waals surface area contributed by atoms with Crippen LogP contribution in [0.3, 0.4) is 0 Å². The van der Waals surface area contributed by atoms with Crippen LogP contribution in [0.4, 0.5) is 10.1 Å². The van der Waals surface area contributed by atoms with Crippen LogP contribution >= 0.6 is 11.6 Å². The van der Waals surface area contributed by atoms with Gasteiger partial charge in [-0.2, -0.15) is 0 Å². The molecule has 0 fully saturated rings. The maximum Gasteiger partial charge on any atom is 0.357 e. The van der Waals surface area contributed by atoms with Crippen molar-refractivity contribution in [3.8, 4) is 5.69 Å². The Morgan fingerprint density at radius 2 is 2.00 bits per heavy atom. The van der Waals surface area contributed by atoms with Gasteiger partial charge in [-0.1, -0.05) is 11.6 Å². The molecule has 0 atom stereocenters. The number of ether oxygens (including phenoxy) is 1. The van der Waals surface area contributed by atoms with E-state index in [-0.39, 0.29) is 10.8 Å². The molecule has 1 amide bonds. The molecule has 7 nitrogen and oxygen atoms in total. The van der Waals surface area contributed by atoms with E-state index < -0.39 is 24.3 Å². The van der Waals surface area contributed by atoms with Gasteiger partial charge >= 0.3 is 5.97 Å².